The smallest absolute Gasteiger partial charge is 0.223 e. The van der Waals surface area contributed by atoms with Crippen molar-refractivity contribution in [3.8, 4) is 12.1 Å². The van der Waals surface area contributed by atoms with E-state index in [1.165, 1.54) is 0 Å². The molecule has 23 heavy (non-hydrogen) atoms. The number of nitrogens with zero attached hydrogens (tertiary/aromatic N) is 3. The van der Waals surface area contributed by atoms with Crippen molar-refractivity contribution in [2.24, 2.45) is 0 Å². The number of hydrogen-bond acceptors (Lipinski definition) is 5. The first-order valence-electron chi connectivity index (χ1n) is 8.31. The van der Waals surface area contributed by atoms with E-state index < -0.39 is 0 Å². The summed E-state index contributed by atoms with van der Waals surface area (Å²) in [5.41, 5.74) is 0. The van der Waals surface area contributed by atoms with Gasteiger partial charge in [0, 0.05) is 19.4 Å². The van der Waals surface area contributed by atoms with Crippen LogP contribution >= 0.6 is 0 Å². The average molecular weight is 320 g/mol. The Morgan fingerprint density at radius 1 is 1.13 bits per heavy atom. The van der Waals surface area contributed by atoms with Crippen molar-refractivity contribution in [1.82, 2.24) is 10.2 Å². The van der Waals surface area contributed by atoms with Gasteiger partial charge in [0.15, 0.2) is 0 Å². The maximum absolute atomic E-state index is 11.2. The molecule has 2 unspecified atom stereocenters. The number of carbonyl (C=O) groups is 2. The highest BCUT2D eigenvalue weighted by Crippen LogP contribution is 2.16. The van der Waals surface area contributed by atoms with Crippen molar-refractivity contribution in [2.45, 2.75) is 71.4 Å². The predicted molar refractivity (Wildman–Crippen MR) is 88.2 cm³/mol. The summed E-state index contributed by atoms with van der Waals surface area (Å²) in [5.74, 6) is 0.360. The topological polar surface area (TPSA) is 97.0 Å². The lowest BCUT2D eigenvalue weighted by Gasteiger charge is -2.17. The van der Waals surface area contributed by atoms with Gasteiger partial charge >= 0.3 is 0 Å². The number of hydrogen-bond donors (Lipinski definition) is 1. The van der Waals surface area contributed by atoms with Crippen LogP contribution in [0.4, 0.5) is 0 Å². The molecule has 0 aromatic carbocycles. The summed E-state index contributed by atoms with van der Waals surface area (Å²) in [6.45, 7) is 7.06. The summed E-state index contributed by atoms with van der Waals surface area (Å²) in [7, 11) is 0. The molecule has 2 saturated heterocycles. The van der Waals surface area contributed by atoms with Crippen LogP contribution in [-0.4, -0.2) is 41.8 Å². The zero-order chi connectivity index (χ0) is 17.7. The minimum Gasteiger partial charge on any atom is -0.327 e. The molecule has 2 rings (SSSR count). The second-order valence-corrected chi connectivity index (χ2v) is 5.56. The molecule has 0 radical (unpaired) electrons. The lowest BCUT2D eigenvalue weighted by atomic mass is 10.2. The maximum Gasteiger partial charge on any atom is 0.223 e. The van der Waals surface area contributed by atoms with Gasteiger partial charge in [-0.3, -0.25) is 4.79 Å². The Morgan fingerprint density at radius 2 is 1.78 bits per heavy atom. The molecule has 2 aliphatic heterocycles. The summed E-state index contributed by atoms with van der Waals surface area (Å²) in [6.07, 6.45) is 5.21. The van der Waals surface area contributed by atoms with Gasteiger partial charge in [0.25, 0.3) is 0 Å². The Bertz CT molecular complexity index is 444. The number of carbonyl (C=O) groups excluding carboxylic acids is 2. The lowest BCUT2D eigenvalue weighted by molar-refractivity contribution is -0.130. The summed E-state index contributed by atoms with van der Waals surface area (Å²) in [6, 6.07) is 4.29. The molecule has 2 fully saturated rings. The van der Waals surface area contributed by atoms with E-state index in [1.54, 1.807) is 11.8 Å². The number of rotatable bonds is 2. The van der Waals surface area contributed by atoms with E-state index in [9.17, 15) is 9.59 Å². The number of amides is 1. The number of nitriles is 2. The Labute approximate surface area is 139 Å². The highest BCUT2D eigenvalue weighted by molar-refractivity contribution is 5.76. The van der Waals surface area contributed by atoms with Crippen LogP contribution in [0.25, 0.3) is 0 Å². The Kier molecular flexibility index (Phi) is 11.6. The molecule has 2 heterocycles. The van der Waals surface area contributed by atoms with Crippen molar-refractivity contribution < 1.29 is 9.59 Å². The van der Waals surface area contributed by atoms with E-state index in [4.69, 9.17) is 10.5 Å². The quantitative estimate of drug-likeness (QED) is 0.841. The minimum atomic E-state index is -0.151. The Hall–Kier alpha value is -1.92. The van der Waals surface area contributed by atoms with Gasteiger partial charge in [-0.25, -0.2) is 0 Å². The maximum atomic E-state index is 11.2. The SMILES string of the molecule is CCC(=O)N1CCCC1C#N.CCC(C)=O.N#CC1CCCN1. The third kappa shape index (κ3) is 8.95. The third-order valence-electron chi connectivity index (χ3n) is 3.74. The standard InChI is InChI=1S/C8H12N2O.C5H8N2.C4H8O/c1-2-8(11)10-5-3-4-7(10)6-9;6-4-5-2-1-3-7-5;1-3-4(2)5/h7H,2-5H2,1H3;5,7H,1-3H2;3H2,1-2H3. The van der Waals surface area contributed by atoms with Gasteiger partial charge in [0.2, 0.25) is 5.91 Å². The van der Waals surface area contributed by atoms with Gasteiger partial charge in [0.05, 0.1) is 18.2 Å². The number of ketones is 1. The van der Waals surface area contributed by atoms with Gasteiger partial charge < -0.3 is 15.0 Å². The molecule has 0 bridgehead atoms. The van der Waals surface area contributed by atoms with Crippen molar-refractivity contribution in [2.75, 3.05) is 13.1 Å². The van der Waals surface area contributed by atoms with Crippen LogP contribution in [0.1, 0.15) is 59.3 Å². The van der Waals surface area contributed by atoms with Crippen LogP contribution in [0.5, 0.6) is 0 Å². The highest BCUT2D eigenvalue weighted by atomic mass is 16.2. The molecular formula is C17H28N4O2. The molecule has 0 aromatic heterocycles. The summed E-state index contributed by atoms with van der Waals surface area (Å²) in [5, 5.41) is 19.9. The second-order valence-electron chi connectivity index (χ2n) is 5.56. The first kappa shape index (κ1) is 21.1. The molecule has 1 amide bonds. The first-order valence-corrected chi connectivity index (χ1v) is 8.31. The lowest BCUT2D eigenvalue weighted by Crippen LogP contribution is -2.33. The molecule has 2 aliphatic rings. The predicted octanol–water partition coefficient (Wildman–Crippen LogP) is 2.16. The normalized spacial score (nSPS) is 21.9. The van der Waals surface area contributed by atoms with Crippen LogP contribution in [0.15, 0.2) is 0 Å². The van der Waals surface area contributed by atoms with Crippen molar-refractivity contribution in [1.29, 1.82) is 10.5 Å². The van der Waals surface area contributed by atoms with Crippen molar-refractivity contribution in [3.05, 3.63) is 0 Å². The second kappa shape index (κ2) is 12.6. The molecular weight excluding hydrogens is 292 g/mol. The largest absolute Gasteiger partial charge is 0.327 e. The van der Waals surface area contributed by atoms with Crippen LogP contribution in [0, 0.1) is 22.7 Å². The van der Waals surface area contributed by atoms with E-state index in [2.05, 4.69) is 17.5 Å². The van der Waals surface area contributed by atoms with E-state index in [1.807, 2.05) is 13.8 Å². The van der Waals surface area contributed by atoms with Gasteiger partial charge in [-0.15, -0.1) is 0 Å². The summed E-state index contributed by atoms with van der Waals surface area (Å²) in [4.78, 5) is 22.7. The van der Waals surface area contributed by atoms with E-state index in [0.717, 1.165) is 38.8 Å². The zero-order valence-corrected chi connectivity index (χ0v) is 14.5. The molecule has 6 heteroatoms. The monoisotopic (exact) mass is 320 g/mol. The van der Waals surface area contributed by atoms with Crippen molar-refractivity contribution >= 4 is 11.7 Å². The molecule has 0 spiro atoms. The number of Topliss-reactive ketones (excluding diaryl/α,β-unsaturated/α-hetero) is 1. The minimum absolute atomic E-state index is 0.106. The Morgan fingerprint density at radius 3 is 2.13 bits per heavy atom. The van der Waals surface area contributed by atoms with Crippen LogP contribution in [0.3, 0.4) is 0 Å². The fraction of sp³-hybridized carbons (Fsp3) is 0.765. The summed E-state index contributed by atoms with van der Waals surface area (Å²) >= 11 is 0. The van der Waals surface area contributed by atoms with Crippen LogP contribution in [-0.2, 0) is 9.59 Å². The molecule has 0 aliphatic carbocycles. The average Bonchev–Trinajstić information content (AvgIpc) is 3.25. The molecule has 0 aromatic rings. The van der Waals surface area contributed by atoms with Crippen LogP contribution < -0.4 is 5.32 Å². The molecule has 0 saturated carbocycles. The fourth-order valence-corrected chi connectivity index (χ4v) is 2.20. The molecule has 128 valence electrons. The zero-order valence-electron chi connectivity index (χ0n) is 14.5. The summed E-state index contributed by atoms with van der Waals surface area (Å²) < 4.78 is 0. The van der Waals surface area contributed by atoms with Crippen molar-refractivity contribution in [3.63, 3.8) is 0 Å². The molecule has 2 atom stereocenters. The number of nitrogens with one attached hydrogen (secondary N) is 1. The number of likely N-dealkylation sites (tertiary alicyclic amines) is 1. The van der Waals surface area contributed by atoms with E-state index in [-0.39, 0.29) is 23.8 Å². The van der Waals surface area contributed by atoms with E-state index in [0.29, 0.717) is 12.8 Å². The van der Waals surface area contributed by atoms with Gasteiger partial charge in [-0.05, 0) is 39.2 Å². The van der Waals surface area contributed by atoms with Gasteiger partial charge in [-0.2, -0.15) is 10.5 Å². The van der Waals surface area contributed by atoms with Gasteiger partial charge in [-0.1, -0.05) is 13.8 Å². The Balaban J connectivity index is 0.000000347. The van der Waals surface area contributed by atoms with E-state index >= 15 is 0 Å². The van der Waals surface area contributed by atoms with Gasteiger partial charge in [0.1, 0.15) is 11.8 Å². The highest BCUT2D eigenvalue weighted by Gasteiger charge is 2.26. The molecule has 1 N–H and O–H groups in total. The molecule has 6 nitrogen and oxygen atoms in total. The fourth-order valence-electron chi connectivity index (χ4n) is 2.20. The van der Waals surface area contributed by atoms with Crippen LogP contribution in [0.2, 0.25) is 0 Å². The third-order valence-corrected chi connectivity index (χ3v) is 3.74. The first-order chi connectivity index (χ1) is 11.0.